The number of aliphatic hydroxyl groups excluding tert-OH is 1. The number of carbonyl (C=O) groups is 1. The van der Waals surface area contributed by atoms with Crippen molar-refractivity contribution >= 4 is 27.5 Å². The third-order valence-corrected chi connectivity index (χ3v) is 8.66. The van der Waals surface area contributed by atoms with Gasteiger partial charge in [-0.15, -0.1) is 34.9 Å². The minimum absolute atomic E-state index is 0. The molecule has 44 heavy (non-hydrogen) atoms. The molecule has 0 fully saturated rings. The maximum absolute atomic E-state index is 14.7. The quantitative estimate of drug-likeness (QED) is 0.0879. The van der Waals surface area contributed by atoms with Crippen LogP contribution in [0.1, 0.15) is 102 Å². The molecule has 4 rings (SSSR count). The molecule has 1 N–H and O–H groups in total. The van der Waals surface area contributed by atoms with Crippen LogP contribution in [0.2, 0.25) is 0 Å². The molecule has 0 aliphatic heterocycles. The largest absolute Gasteiger partial charge is 0.512 e. The summed E-state index contributed by atoms with van der Waals surface area (Å²) < 4.78 is 14.7. The van der Waals surface area contributed by atoms with Gasteiger partial charge in [0.05, 0.1) is 5.52 Å². The van der Waals surface area contributed by atoms with E-state index in [0.717, 1.165) is 57.2 Å². The molecule has 1 aromatic heterocycles. The number of nitrogens with zero attached hydrogens (tertiary/aromatic N) is 2. The van der Waals surface area contributed by atoms with Crippen LogP contribution < -0.4 is 0 Å². The van der Waals surface area contributed by atoms with E-state index in [1.165, 1.54) is 11.6 Å². The predicted octanol–water partition coefficient (Wildman–Crippen LogP) is 10.6. The predicted molar refractivity (Wildman–Crippen MR) is 178 cm³/mol. The van der Waals surface area contributed by atoms with Gasteiger partial charge in [-0.05, 0) is 60.3 Å². The molecule has 0 aliphatic carbocycles. The van der Waals surface area contributed by atoms with Gasteiger partial charge in [-0.25, -0.2) is 9.37 Å². The van der Waals surface area contributed by atoms with E-state index in [1.807, 2.05) is 67.5 Å². The van der Waals surface area contributed by atoms with E-state index in [4.69, 9.17) is 9.97 Å². The van der Waals surface area contributed by atoms with E-state index in [0.29, 0.717) is 11.1 Å². The molecule has 0 aliphatic rings. The first kappa shape index (κ1) is 37.2. The van der Waals surface area contributed by atoms with Gasteiger partial charge in [0, 0.05) is 48.3 Å². The number of halogens is 1. The van der Waals surface area contributed by atoms with Crippen LogP contribution in [0, 0.1) is 50.4 Å². The van der Waals surface area contributed by atoms with E-state index in [1.54, 1.807) is 6.92 Å². The topological polar surface area (TPSA) is 63.1 Å². The van der Waals surface area contributed by atoms with Gasteiger partial charge in [-0.1, -0.05) is 81.4 Å². The van der Waals surface area contributed by atoms with Gasteiger partial charge in [0.15, 0.2) is 5.78 Å². The summed E-state index contributed by atoms with van der Waals surface area (Å²) in [7, 11) is 0. The molecule has 0 atom stereocenters. The van der Waals surface area contributed by atoms with Crippen molar-refractivity contribution in [2.24, 2.45) is 10.8 Å². The molecule has 0 bridgehead atoms. The summed E-state index contributed by atoms with van der Waals surface area (Å²) in [6.45, 7) is 23.6. The van der Waals surface area contributed by atoms with Gasteiger partial charge in [0.1, 0.15) is 17.4 Å². The van der Waals surface area contributed by atoms with Crippen molar-refractivity contribution in [2.75, 3.05) is 0 Å². The Bertz CT molecular complexity index is 1680. The second kappa shape index (κ2) is 14.4. The van der Waals surface area contributed by atoms with Crippen molar-refractivity contribution < 1.29 is 34.4 Å². The molecule has 3 aromatic carbocycles. The zero-order valence-electron chi connectivity index (χ0n) is 28.4. The smallest absolute Gasteiger partial charge is 0.164 e. The molecule has 0 unspecified atom stereocenters. The molecule has 1 heterocycles. The molecule has 0 amide bonds. The number of rotatable bonds is 7. The zero-order chi connectivity index (χ0) is 32.4. The molecule has 6 heteroatoms. The van der Waals surface area contributed by atoms with Crippen LogP contribution in [0.4, 0.5) is 4.39 Å². The van der Waals surface area contributed by atoms with Crippen molar-refractivity contribution in [3.05, 3.63) is 82.1 Å². The van der Waals surface area contributed by atoms with Gasteiger partial charge in [-0.3, -0.25) is 9.78 Å². The number of carbonyl (C=O) groups excluding carboxylic acids is 1. The van der Waals surface area contributed by atoms with Crippen LogP contribution in [0.5, 0.6) is 0 Å². The first-order valence-corrected chi connectivity index (χ1v) is 15.3. The second-order valence-electron chi connectivity index (χ2n) is 13.4. The van der Waals surface area contributed by atoms with Gasteiger partial charge in [-0.2, -0.15) is 0 Å². The third kappa shape index (κ3) is 8.00. The first-order chi connectivity index (χ1) is 19.9. The fourth-order valence-electron chi connectivity index (χ4n) is 4.80. The van der Waals surface area contributed by atoms with Gasteiger partial charge in [0.2, 0.25) is 0 Å². The summed E-state index contributed by atoms with van der Waals surface area (Å²) in [5.74, 6) is 0.965. The molecule has 4 nitrogen and oxygen atoms in total. The molecule has 0 saturated heterocycles. The Kier molecular flexibility index (Phi) is 12.2. The SMILES string of the molecule is CCC(C)(C)C(=O)/C=C(\O)C(C)(C)CC.Cc1[c-]c(-c2nc(C(C)C)nc3c2ccc2cc(C)c(F)c(C)c23)cc(C)c1.[Ir]. The number of hydrogen-bond donors (Lipinski definition) is 1. The molecule has 4 aromatic rings. The van der Waals surface area contributed by atoms with E-state index in [9.17, 15) is 14.3 Å². The summed E-state index contributed by atoms with van der Waals surface area (Å²) in [6.07, 6.45) is 2.99. The van der Waals surface area contributed by atoms with Crippen molar-refractivity contribution in [3.63, 3.8) is 0 Å². The second-order valence-corrected chi connectivity index (χ2v) is 13.4. The molecule has 0 spiro atoms. The number of aryl methyl sites for hydroxylation is 4. The van der Waals surface area contributed by atoms with Crippen molar-refractivity contribution in [1.29, 1.82) is 0 Å². The standard InChI is InChI=1S/C25H24FN2.C13H24O2.Ir/c1-13(2)25-27-23(19-10-14(3)9-15(4)11-19)20-8-7-18-12-16(5)22(26)17(6)21(18)24(20)28-25;1-7-12(3,4)10(14)9-11(15)13(5,6)8-2;/h7-10,12-13H,1-6H3;9,14H,7-8H2,1-6H3;/q-1;;/b;10-9-;. The molecule has 0 saturated carbocycles. The Hall–Kier alpha value is -2.95. The van der Waals surface area contributed by atoms with Gasteiger partial charge < -0.3 is 5.11 Å². The summed E-state index contributed by atoms with van der Waals surface area (Å²) in [4.78, 5) is 21.6. The van der Waals surface area contributed by atoms with Crippen LogP contribution in [0.3, 0.4) is 0 Å². The first-order valence-electron chi connectivity index (χ1n) is 15.3. The van der Waals surface area contributed by atoms with Crippen LogP contribution >= 0.6 is 0 Å². The van der Waals surface area contributed by atoms with E-state index in [-0.39, 0.29) is 54.2 Å². The minimum Gasteiger partial charge on any atom is -0.512 e. The van der Waals surface area contributed by atoms with E-state index < -0.39 is 0 Å². The molecular formula is C38H48FIrN2O2-. The van der Waals surface area contributed by atoms with Crippen LogP contribution in [-0.4, -0.2) is 20.9 Å². The Labute approximate surface area is 277 Å². The number of hydrogen-bond acceptors (Lipinski definition) is 4. The summed E-state index contributed by atoms with van der Waals surface area (Å²) in [6, 6.07) is 13.6. The molecular weight excluding hydrogens is 728 g/mol. The van der Waals surface area contributed by atoms with Crippen molar-refractivity contribution in [3.8, 4) is 11.3 Å². The zero-order valence-corrected chi connectivity index (χ0v) is 30.8. The van der Waals surface area contributed by atoms with Crippen molar-refractivity contribution in [1.82, 2.24) is 9.97 Å². The minimum atomic E-state index is -0.377. The number of benzene rings is 3. The van der Waals surface area contributed by atoms with E-state index >= 15 is 0 Å². The van der Waals surface area contributed by atoms with Crippen LogP contribution in [-0.2, 0) is 24.9 Å². The third-order valence-electron chi connectivity index (χ3n) is 8.66. The maximum atomic E-state index is 14.7. The fourth-order valence-corrected chi connectivity index (χ4v) is 4.80. The Morgan fingerprint density at radius 1 is 0.977 bits per heavy atom. The number of allylic oxidation sites excluding steroid dienone is 2. The Morgan fingerprint density at radius 3 is 2.14 bits per heavy atom. The van der Waals surface area contributed by atoms with Gasteiger partial charge in [0.25, 0.3) is 0 Å². The average molecular weight is 776 g/mol. The Balaban J connectivity index is 0.000000363. The van der Waals surface area contributed by atoms with Gasteiger partial charge >= 0.3 is 0 Å². The average Bonchev–Trinajstić information content (AvgIpc) is 2.94. The monoisotopic (exact) mass is 776 g/mol. The van der Waals surface area contributed by atoms with Crippen molar-refractivity contribution in [2.45, 2.75) is 102 Å². The molecule has 1 radical (unpaired) electrons. The number of aromatic nitrogens is 2. The van der Waals surface area contributed by atoms with Crippen LogP contribution in [0.15, 0.2) is 42.2 Å². The fraction of sp³-hybridized carbons (Fsp3) is 0.447. The normalized spacial score (nSPS) is 12.3. The summed E-state index contributed by atoms with van der Waals surface area (Å²) >= 11 is 0. The number of aliphatic hydroxyl groups is 1. The van der Waals surface area contributed by atoms with Crippen LogP contribution in [0.25, 0.3) is 32.9 Å². The van der Waals surface area contributed by atoms with E-state index in [2.05, 4.69) is 45.0 Å². The summed E-state index contributed by atoms with van der Waals surface area (Å²) in [5, 5.41) is 12.7. The number of fused-ring (bicyclic) bond motifs is 3. The summed E-state index contributed by atoms with van der Waals surface area (Å²) in [5.41, 5.74) is 5.50. The maximum Gasteiger partial charge on any atom is 0.164 e. The molecule has 239 valence electrons. The Morgan fingerprint density at radius 2 is 1.59 bits per heavy atom. The number of ketones is 1.